The molecule has 0 bridgehead atoms. The van der Waals surface area contributed by atoms with Gasteiger partial charge in [0, 0.05) is 23.8 Å². The number of carbonyl (C=O) groups excluding carboxylic acids is 1. The molecule has 0 heterocycles. The third-order valence-electron chi connectivity index (χ3n) is 3.38. The number of nitrogens with one attached hydrogen (secondary N) is 2. The summed E-state index contributed by atoms with van der Waals surface area (Å²) < 4.78 is 0. The number of benzene rings is 1. The third-order valence-corrected chi connectivity index (χ3v) is 3.38. The second kappa shape index (κ2) is 6.45. The first-order valence-electron chi connectivity index (χ1n) is 6.42. The maximum atomic E-state index is 11.8. The number of anilines is 1. The van der Waals surface area contributed by atoms with E-state index in [2.05, 4.69) is 10.6 Å². The first-order valence-corrected chi connectivity index (χ1v) is 6.42. The average Bonchev–Trinajstić information content (AvgIpc) is 2.36. The van der Waals surface area contributed by atoms with Gasteiger partial charge in [-0.25, -0.2) is 9.59 Å². The lowest BCUT2D eigenvalue weighted by Gasteiger charge is -2.32. The van der Waals surface area contributed by atoms with Gasteiger partial charge in [-0.1, -0.05) is 0 Å². The van der Waals surface area contributed by atoms with E-state index in [1.165, 1.54) is 18.2 Å². The van der Waals surface area contributed by atoms with Gasteiger partial charge in [0.2, 0.25) is 0 Å². The lowest BCUT2D eigenvalue weighted by molar-refractivity contribution is 0.0694. The Hall–Kier alpha value is -2.28. The molecule has 1 rings (SSSR count). The molecule has 7 heteroatoms. The second-order valence-electron chi connectivity index (χ2n) is 5.55. The molecule has 0 aliphatic carbocycles. The van der Waals surface area contributed by atoms with Crippen LogP contribution in [0, 0.1) is 0 Å². The zero-order chi connectivity index (χ0) is 16.2. The van der Waals surface area contributed by atoms with Crippen LogP contribution in [0.1, 0.15) is 24.2 Å². The normalized spacial score (nSPS) is 11.3. The summed E-state index contributed by atoms with van der Waals surface area (Å²) in [6.45, 7) is 4.41. The van der Waals surface area contributed by atoms with Crippen LogP contribution >= 0.6 is 0 Å². The number of carboxylic acids is 1. The van der Waals surface area contributed by atoms with Crippen molar-refractivity contribution < 1.29 is 19.8 Å². The van der Waals surface area contributed by atoms with E-state index in [-0.39, 0.29) is 11.1 Å². The zero-order valence-electron chi connectivity index (χ0n) is 12.6. The van der Waals surface area contributed by atoms with Crippen molar-refractivity contribution in [1.82, 2.24) is 10.2 Å². The Kier molecular flexibility index (Phi) is 5.15. The van der Waals surface area contributed by atoms with Gasteiger partial charge in [-0.3, -0.25) is 0 Å². The summed E-state index contributed by atoms with van der Waals surface area (Å²) in [6.07, 6.45) is 0. The minimum atomic E-state index is -1.23. The predicted octanol–water partition coefficient (Wildman–Crippen LogP) is 1.55. The van der Waals surface area contributed by atoms with Crippen LogP contribution in [0.25, 0.3) is 0 Å². The molecule has 116 valence electrons. The molecule has 0 saturated heterocycles. The number of phenols is 1. The van der Waals surface area contributed by atoms with Crippen molar-refractivity contribution in [1.29, 1.82) is 0 Å². The summed E-state index contributed by atoms with van der Waals surface area (Å²) in [6, 6.07) is 3.42. The highest BCUT2D eigenvalue weighted by Crippen LogP contribution is 2.21. The van der Waals surface area contributed by atoms with Crippen LogP contribution in [0.2, 0.25) is 0 Å². The number of nitrogens with zero attached hydrogens (tertiary/aromatic N) is 1. The van der Waals surface area contributed by atoms with Crippen LogP contribution in [-0.2, 0) is 0 Å². The van der Waals surface area contributed by atoms with Gasteiger partial charge in [0.05, 0.1) is 0 Å². The van der Waals surface area contributed by atoms with Crippen molar-refractivity contribution in [3.8, 4) is 5.75 Å². The average molecular weight is 295 g/mol. The number of rotatable bonds is 5. The maximum Gasteiger partial charge on any atom is 0.339 e. The van der Waals surface area contributed by atoms with E-state index in [1.54, 1.807) is 0 Å². The molecule has 7 nitrogen and oxygen atoms in total. The Morgan fingerprint density at radius 2 is 1.90 bits per heavy atom. The minimum Gasteiger partial charge on any atom is -0.507 e. The number of carboxylic acid groups (broad SMARTS) is 1. The smallest absolute Gasteiger partial charge is 0.339 e. The lowest BCUT2D eigenvalue weighted by Crippen LogP contribution is -2.49. The van der Waals surface area contributed by atoms with Crippen molar-refractivity contribution >= 4 is 17.7 Å². The number of hydrogen-bond acceptors (Lipinski definition) is 4. The van der Waals surface area contributed by atoms with Gasteiger partial charge >= 0.3 is 12.0 Å². The molecule has 0 unspecified atom stereocenters. The fourth-order valence-corrected chi connectivity index (χ4v) is 1.42. The molecule has 1 aromatic rings. The largest absolute Gasteiger partial charge is 0.507 e. The van der Waals surface area contributed by atoms with Crippen molar-refractivity contribution in [3.63, 3.8) is 0 Å². The number of aromatic hydroxyl groups is 1. The fraction of sp³-hybridized carbons (Fsp3) is 0.429. The molecule has 2 amide bonds. The van der Waals surface area contributed by atoms with Crippen LogP contribution in [0.3, 0.4) is 0 Å². The van der Waals surface area contributed by atoms with E-state index in [0.717, 1.165) is 0 Å². The SMILES string of the molecule is CN(C)C(C)(C)CNC(=O)Nc1ccc(C(=O)O)c(O)c1. The Morgan fingerprint density at radius 1 is 1.29 bits per heavy atom. The number of likely N-dealkylation sites (N-methyl/N-ethyl adjacent to an activating group) is 1. The van der Waals surface area contributed by atoms with E-state index < -0.39 is 17.7 Å². The van der Waals surface area contributed by atoms with E-state index in [1.807, 2.05) is 32.8 Å². The first kappa shape index (κ1) is 16.8. The van der Waals surface area contributed by atoms with Crippen LogP contribution < -0.4 is 10.6 Å². The monoisotopic (exact) mass is 295 g/mol. The van der Waals surface area contributed by atoms with Gasteiger partial charge in [0.15, 0.2) is 0 Å². The third kappa shape index (κ3) is 4.64. The summed E-state index contributed by atoms with van der Waals surface area (Å²) in [4.78, 5) is 24.5. The zero-order valence-corrected chi connectivity index (χ0v) is 12.6. The highest BCUT2D eigenvalue weighted by molar-refractivity contribution is 5.93. The molecule has 0 aliphatic heterocycles. The van der Waals surface area contributed by atoms with Crippen molar-refractivity contribution in [2.75, 3.05) is 26.0 Å². The molecule has 1 aromatic carbocycles. The number of urea groups is 1. The number of carbonyl (C=O) groups is 2. The highest BCUT2D eigenvalue weighted by Gasteiger charge is 2.21. The number of aromatic carboxylic acids is 1. The Morgan fingerprint density at radius 3 is 2.38 bits per heavy atom. The molecule has 0 aliphatic rings. The number of hydrogen-bond donors (Lipinski definition) is 4. The fourth-order valence-electron chi connectivity index (χ4n) is 1.42. The van der Waals surface area contributed by atoms with E-state index in [0.29, 0.717) is 12.2 Å². The Balaban J connectivity index is 2.64. The predicted molar refractivity (Wildman–Crippen MR) is 79.9 cm³/mol. The van der Waals surface area contributed by atoms with Crippen LogP contribution in [-0.4, -0.2) is 53.3 Å². The standard InChI is InChI=1S/C14H21N3O4/c1-14(2,17(3)4)8-15-13(21)16-9-5-6-10(12(19)20)11(18)7-9/h5-7,18H,8H2,1-4H3,(H,19,20)(H2,15,16,21). The van der Waals surface area contributed by atoms with Crippen LogP contribution in [0.5, 0.6) is 5.75 Å². The van der Waals surface area contributed by atoms with Crippen LogP contribution in [0.15, 0.2) is 18.2 Å². The number of amides is 2. The molecule has 0 fully saturated rings. The molecule has 21 heavy (non-hydrogen) atoms. The summed E-state index contributed by atoms with van der Waals surface area (Å²) in [5, 5.41) is 23.6. The summed E-state index contributed by atoms with van der Waals surface area (Å²) >= 11 is 0. The molecule has 0 radical (unpaired) electrons. The van der Waals surface area contributed by atoms with Gasteiger partial charge in [-0.05, 0) is 40.1 Å². The van der Waals surface area contributed by atoms with Gasteiger partial charge in [0.25, 0.3) is 0 Å². The quantitative estimate of drug-likeness (QED) is 0.660. The second-order valence-corrected chi connectivity index (χ2v) is 5.55. The summed E-state index contributed by atoms with van der Waals surface area (Å²) in [5.41, 5.74) is -0.0977. The maximum absolute atomic E-state index is 11.8. The highest BCUT2D eigenvalue weighted by atomic mass is 16.4. The van der Waals surface area contributed by atoms with E-state index in [9.17, 15) is 14.7 Å². The molecule has 4 N–H and O–H groups in total. The van der Waals surface area contributed by atoms with Gasteiger partial charge in [-0.15, -0.1) is 0 Å². The van der Waals surface area contributed by atoms with Gasteiger partial charge in [0.1, 0.15) is 11.3 Å². The van der Waals surface area contributed by atoms with Gasteiger partial charge in [-0.2, -0.15) is 0 Å². The molecule has 0 atom stereocenters. The molecule has 0 saturated carbocycles. The molecule has 0 aromatic heterocycles. The van der Waals surface area contributed by atoms with Crippen LogP contribution in [0.4, 0.5) is 10.5 Å². The topological polar surface area (TPSA) is 102 Å². The summed E-state index contributed by atoms with van der Waals surface area (Å²) in [7, 11) is 3.84. The summed E-state index contributed by atoms with van der Waals surface area (Å²) in [5.74, 6) is -1.62. The van der Waals surface area contributed by atoms with E-state index >= 15 is 0 Å². The molecular weight excluding hydrogens is 274 g/mol. The Labute approximate surface area is 123 Å². The molecular formula is C14H21N3O4. The lowest BCUT2D eigenvalue weighted by atomic mass is 10.1. The van der Waals surface area contributed by atoms with Crippen molar-refractivity contribution in [3.05, 3.63) is 23.8 Å². The first-order chi connectivity index (χ1) is 9.63. The van der Waals surface area contributed by atoms with Crippen molar-refractivity contribution in [2.45, 2.75) is 19.4 Å². The Bertz CT molecular complexity index is 541. The minimum absolute atomic E-state index is 0.202. The van der Waals surface area contributed by atoms with E-state index in [4.69, 9.17) is 5.11 Å². The van der Waals surface area contributed by atoms with Gasteiger partial charge < -0.3 is 25.7 Å². The van der Waals surface area contributed by atoms with Crippen molar-refractivity contribution in [2.24, 2.45) is 0 Å². The molecule has 0 spiro atoms.